The van der Waals surface area contributed by atoms with Gasteiger partial charge in [0.2, 0.25) is 0 Å². The van der Waals surface area contributed by atoms with Gasteiger partial charge >= 0.3 is 0 Å². The van der Waals surface area contributed by atoms with Gasteiger partial charge < -0.3 is 15.2 Å². The molecule has 100 valence electrons. The Morgan fingerprint density at radius 1 is 1.28 bits per heavy atom. The van der Waals surface area contributed by atoms with Crippen molar-refractivity contribution in [2.24, 2.45) is 0 Å². The van der Waals surface area contributed by atoms with Crippen LogP contribution in [0.2, 0.25) is 0 Å². The maximum absolute atomic E-state index is 9.96. The van der Waals surface area contributed by atoms with Gasteiger partial charge in [-0.3, -0.25) is 0 Å². The number of nitrogens with one attached hydrogen (secondary N) is 1. The van der Waals surface area contributed by atoms with Crippen LogP contribution >= 0.6 is 0 Å². The molecule has 0 radical (unpaired) electrons. The quantitative estimate of drug-likeness (QED) is 0.760. The molecule has 0 saturated carbocycles. The van der Waals surface area contributed by atoms with Crippen molar-refractivity contribution in [2.45, 2.75) is 37.9 Å². The third-order valence-corrected chi connectivity index (χ3v) is 3.44. The number of aliphatic hydroxyl groups is 1. The van der Waals surface area contributed by atoms with Crippen molar-refractivity contribution in [3.8, 4) is 0 Å². The second-order valence-corrected chi connectivity index (χ2v) is 4.91. The fourth-order valence-electron chi connectivity index (χ4n) is 2.33. The smallest absolute Gasteiger partial charge is 0.0914 e. The normalized spacial score (nSPS) is 21.7. The van der Waals surface area contributed by atoms with E-state index in [2.05, 4.69) is 5.32 Å². The minimum atomic E-state index is -0.418. The zero-order chi connectivity index (χ0) is 12.6. The van der Waals surface area contributed by atoms with Gasteiger partial charge in [-0.1, -0.05) is 30.3 Å². The Morgan fingerprint density at radius 2 is 2.11 bits per heavy atom. The second-order valence-electron chi connectivity index (χ2n) is 4.91. The van der Waals surface area contributed by atoms with Gasteiger partial charge in [0.05, 0.1) is 12.2 Å². The molecule has 3 nitrogen and oxygen atoms in total. The molecule has 3 heteroatoms. The lowest BCUT2D eigenvalue weighted by molar-refractivity contribution is 0.0111. The van der Waals surface area contributed by atoms with E-state index in [1.807, 2.05) is 30.3 Å². The van der Waals surface area contributed by atoms with Gasteiger partial charge in [-0.05, 0) is 37.8 Å². The SMILES string of the molecule is OC(CNCCC1CCCCO1)c1ccccc1. The van der Waals surface area contributed by atoms with Crippen LogP contribution in [0, 0.1) is 0 Å². The second kappa shape index (κ2) is 7.52. The maximum Gasteiger partial charge on any atom is 0.0914 e. The molecule has 2 N–H and O–H groups in total. The van der Waals surface area contributed by atoms with E-state index in [4.69, 9.17) is 4.74 Å². The summed E-state index contributed by atoms with van der Waals surface area (Å²) in [6, 6.07) is 9.78. The van der Waals surface area contributed by atoms with Gasteiger partial charge in [-0.2, -0.15) is 0 Å². The fourth-order valence-corrected chi connectivity index (χ4v) is 2.33. The Balaban J connectivity index is 1.60. The topological polar surface area (TPSA) is 41.5 Å². The standard InChI is InChI=1S/C15H23NO2/c17-15(13-6-2-1-3-7-13)12-16-10-9-14-8-4-5-11-18-14/h1-3,6-7,14-17H,4-5,8-12H2. The summed E-state index contributed by atoms with van der Waals surface area (Å²) in [5, 5.41) is 13.3. The molecule has 18 heavy (non-hydrogen) atoms. The first-order valence-electron chi connectivity index (χ1n) is 6.91. The predicted molar refractivity (Wildman–Crippen MR) is 72.5 cm³/mol. The summed E-state index contributed by atoms with van der Waals surface area (Å²) in [6.07, 6.45) is 4.72. The average molecular weight is 249 g/mol. The van der Waals surface area contributed by atoms with E-state index < -0.39 is 6.10 Å². The summed E-state index contributed by atoms with van der Waals surface area (Å²) in [4.78, 5) is 0. The molecule has 0 aliphatic carbocycles. The number of rotatable bonds is 6. The minimum Gasteiger partial charge on any atom is -0.387 e. The summed E-state index contributed by atoms with van der Waals surface area (Å²) >= 11 is 0. The van der Waals surface area contributed by atoms with Gasteiger partial charge in [0.15, 0.2) is 0 Å². The van der Waals surface area contributed by atoms with E-state index >= 15 is 0 Å². The summed E-state index contributed by atoms with van der Waals surface area (Å²) in [7, 11) is 0. The van der Waals surface area contributed by atoms with E-state index in [-0.39, 0.29) is 0 Å². The van der Waals surface area contributed by atoms with Crippen LogP contribution in [0.25, 0.3) is 0 Å². The van der Waals surface area contributed by atoms with Gasteiger partial charge in [-0.15, -0.1) is 0 Å². The third kappa shape index (κ3) is 4.41. The molecule has 0 spiro atoms. The van der Waals surface area contributed by atoms with Crippen LogP contribution in [-0.4, -0.2) is 30.9 Å². The Morgan fingerprint density at radius 3 is 2.83 bits per heavy atom. The van der Waals surface area contributed by atoms with Gasteiger partial charge in [0.25, 0.3) is 0 Å². The first-order chi connectivity index (χ1) is 8.86. The summed E-state index contributed by atoms with van der Waals surface area (Å²) in [6.45, 7) is 2.43. The number of hydrogen-bond donors (Lipinski definition) is 2. The third-order valence-electron chi connectivity index (χ3n) is 3.44. The van der Waals surface area contributed by atoms with Crippen molar-refractivity contribution in [1.29, 1.82) is 0 Å². The lowest BCUT2D eigenvalue weighted by atomic mass is 10.1. The van der Waals surface area contributed by atoms with Gasteiger partial charge in [0, 0.05) is 13.2 Å². The maximum atomic E-state index is 9.96. The highest BCUT2D eigenvalue weighted by Crippen LogP contribution is 2.15. The highest BCUT2D eigenvalue weighted by atomic mass is 16.5. The zero-order valence-electron chi connectivity index (χ0n) is 10.8. The van der Waals surface area contributed by atoms with E-state index in [0.717, 1.165) is 25.1 Å². The van der Waals surface area contributed by atoms with Crippen molar-refractivity contribution < 1.29 is 9.84 Å². The molecular formula is C15H23NO2. The molecule has 2 unspecified atom stereocenters. The van der Waals surface area contributed by atoms with Crippen LogP contribution < -0.4 is 5.32 Å². The van der Waals surface area contributed by atoms with Crippen LogP contribution in [0.1, 0.15) is 37.4 Å². The lowest BCUT2D eigenvalue weighted by Gasteiger charge is -2.22. The molecule has 1 fully saturated rings. The van der Waals surface area contributed by atoms with Crippen molar-refractivity contribution in [2.75, 3.05) is 19.7 Å². The molecular weight excluding hydrogens is 226 g/mol. The number of ether oxygens (including phenoxy) is 1. The number of benzene rings is 1. The zero-order valence-corrected chi connectivity index (χ0v) is 10.8. The van der Waals surface area contributed by atoms with Crippen LogP contribution in [0.15, 0.2) is 30.3 Å². The first kappa shape index (κ1) is 13.5. The average Bonchev–Trinajstić information content (AvgIpc) is 2.45. The van der Waals surface area contributed by atoms with Gasteiger partial charge in [-0.25, -0.2) is 0 Å². The summed E-state index contributed by atoms with van der Waals surface area (Å²) < 4.78 is 5.67. The van der Waals surface area contributed by atoms with Crippen LogP contribution in [0.5, 0.6) is 0 Å². The van der Waals surface area contributed by atoms with E-state index in [1.165, 1.54) is 19.3 Å². The van der Waals surface area contributed by atoms with Crippen molar-refractivity contribution in [1.82, 2.24) is 5.32 Å². The molecule has 1 heterocycles. The molecule has 1 aromatic carbocycles. The van der Waals surface area contributed by atoms with Crippen molar-refractivity contribution in [3.63, 3.8) is 0 Å². The van der Waals surface area contributed by atoms with E-state index in [9.17, 15) is 5.11 Å². The molecule has 1 saturated heterocycles. The van der Waals surface area contributed by atoms with Crippen LogP contribution in [0.4, 0.5) is 0 Å². The van der Waals surface area contributed by atoms with Crippen LogP contribution in [-0.2, 0) is 4.74 Å². The summed E-state index contributed by atoms with van der Waals surface area (Å²) in [5.41, 5.74) is 0.971. The predicted octanol–water partition coefficient (Wildman–Crippen LogP) is 2.27. The largest absolute Gasteiger partial charge is 0.387 e. The number of hydrogen-bond acceptors (Lipinski definition) is 3. The van der Waals surface area contributed by atoms with Gasteiger partial charge in [0.1, 0.15) is 0 Å². The molecule has 1 aromatic rings. The molecule has 0 aromatic heterocycles. The Bertz CT molecular complexity index is 323. The molecule has 0 amide bonds. The Kier molecular flexibility index (Phi) is 5.65. The Labute approximate surface area is 109 Å². The number of aliphatic hydroxyl groups excluding tert-OH is 1. The molecule has 0 bridgehead atoms. The molecule has 1 aliphatic heterocycles. The Hall–Kier alpha value is -0.900. The molecule has 2 atom stereocenters. The van der Waals surface area contributed by atoms with E-state index in [1.54, 1.807) is 0 Å². The first-order valence-corrected chi connectivity index (χ1v) is 6.91. The van der Waals surface area contributed by atoms with E-state index in [0.29, 0.717) is 12.6 Å². The highest BCUT2D eigenvalue weighted by Gasteiger charge is 2.13. The molecule has 1 aliphatic rings. The highest BCUT2D eigenvalue weighted by molar-refractivity contribution is 5.17. The van der Waals surface area contributed by atoms with Crippen LogP contribution in [0.3, 0.4) is 0 Å². The molecule has 2 rings (SSSR count). The fraction of sp³-hybridized carbons (Fsp3) is 0.600. The minimum absolute atomic E-state index is 0.417. The van der Waals surface area contributed by atoms with Crippen molar-refractivity contribution in [3.05, 3.63) is 35.9 Å². The van der Waals surface area contributed by atoms with Crippen molar-refractivity contribution >= 4 is 0 Å². The summed E-state index contributed by atoms with van der Waals surface area (Å²) in [5.74, 6) is 0. The lowest BCUT2D eigenvalue weighted by Crippen LogP contribution is -2.28. The monoisotopic (exact) mass is 249 g/mol.